The lowest BCUT2D eigenvalue weighted by atomic mass is 10.1. The molecule has 3 N–H and O–H groups in total. The van der Waals surface area contributed by atoms with Gasteiger partial charge >= 0.3 is 0 Å². The normalized spacial score (nSPS) is 10.4. The molecule has 3 amide bonds. The first kappa shape index (κ1) is 21.9. The molecule has 0 bridgehead atoms. The van der Waals surface area contributed by atoms with E-state index in [1.807, 2.05) is 38.1 Å². The van der Waals surface area contributed by atoms with Crippen LogP contribution in [0, 0.1) is 5.92 Å². The van der Waals surface area contributed by atoms with E-state index in [9.17, 15) is 14.4 Å². The van der Waals surface area contributed by atoms with Crippen molar-refractivity contribution >= 4 is 40.5 Å². The lowest BCUT2D eigenvalue weighted by molar-refractivity contribution is -0.117. The number of anilines is 4. The Labute approximate surface area is 171 Å². The van der Waals surface area contributed by atoms with Crippen LogP contribution in [0.4, 0.5) is 22.7 Å². The van der Waals surface area contributed by atoms with Gasteiger partial charge in [-0.25, -0.2) is 0 Å². The third-order valence-electron chi connectivity index (χ3n) is 4.23. The maximum Gasteiger partial charge on any atom is 0.243 e. The summed E-state index contributed by atoms with van der Waals surface area (Å²) in [6.45, 7) is 5.59. The van der Waals surface area contributed by atoms with Crippen molar-refractivity contribution in [2.75, 3.05) is 34.4 Å². The Morgan fingerprint density at radius 1 is 0.828 bits per heavy atom. The molecule has 0 aliphatic rings. The second-order valence-corrected chi connectivity index (χ2v) is 7.25. The zero-order valence-corrected chi connectivity index (χ0v) is 17.3. The monoisotopic (exact) mass is 396 g/mol. The summed E-state index contributed by atoms with van der Waals surface area (Å²) in [6.07, 6.45) is 0.468. The van der Waals surface area contributed by atoms with Crippen LogP contribution < -0.4 is 20.9 Å². The summed E-state index contributed by atoms with van der Waals surface area (Å²) in [5.74, 6) is 0.0379. The van der Waals surface area contributed by atoms with Crippen LogP contribution in [0.3, 0.4) is 0 Å². The van der Waals surface area contributed by atoms with E-state index in [2.05, 4.69) is 16.0 Å². The molecule has 0 saturated carbocycles. The van der Waals surface area contributed by atoms with Gasteiger partial charge in [0, 0.05) is 43.1 Å². The van der Waals surface area contributed by atoms with E-state index in [1.54, 1.807) is 36.2 Å². The van der Waals surface area contributed by atoms with Crippen LogP contribution in [0.1, 0.15) is 27.2 Å². The van der Waals surface area contributed by atoms with E-state index >= 15 is 0 Å². The summed E-state index contributed by atoms with van der Waals surface area (Å²) in [7, 11) is 1.71. The van der Waals surface area contributed by atoms with Crippen LogP contribution >= 0.6 is 0 Å². The van der Waals surface area contributed by atoms with Crippen LogP contribution in [0.15, 0.2) is 48.5 Å². The number of nitrogens with one attached hydrogen (secondary N) is 3. The van der Waals surface area contributed by atoms with Crippen molar-refractivity contribution in [1.82, 2.24) is 0 Å². The summed E-state index contributed by atoms with van der Waals surface area (Å²) in [6, 6.07) is 14.3. The SMILES string of the molecule is CC(=O)N(C)c1ccc(NCC(=O)Nc2ccc(NC(=O)CC(C)C)cc2)cc1. The zero-order valence-electron chi connectivity index (χ0n) is 17.3. The van der Waals surface area contributed by atoms with Gasteiger partial charge in [-0.05, 0) is 54.4 Å². The van der Waals surface area contributed by atoms with Crippen LogP contribution in [0.25, 0.3) is 0 Å². The fourth-order valence-corrected chi connectivity index (χ4v) is 2.59. The molecule has 0 heterocycles. The van der Waals surface area contributed by atoms with Gasteiger partial charge in [-0.15, -0.1) is 0 Å². The van der Waals surface area contributed by atoms with Crippen molar-refractivity contribution in [2.45, 2.75) is 27.2 Å². The van der Waals surface area contributed by atoms with Crippen LogP contribution in [-0.4, -0.2) is 31.3 Å². The summed E-state index contributed by atoms with van der Waals surface area (Å²) in [5.41, 5.74) is 2.91. The number of amides is 3. The lowest BCUT2D eigenvalue weighted by Crippen LogP contribution is -2.23. The molecule has 154 valence electrons. The predicted molar refractivity (Wildman–Crippen MR) is 117 cm³/mol. The molecular weight excluding hydrogens is 368 g/mol. The van der Waals surface area contributed by atoms with Gasteiger partial charge in [0.15, 0.2) is 0 Å². The van der Waals surface area contributed by atoms with Gasteiger partial charge in [-0.2, -0.15) is 0 Å². The molecule has 7 nitrogen and oxygen atoms in total. The number of carbonyl (C=O) groups excluding carboxylic acids is 3. The van der Waals surface area contributed by atoms with Crippen molar-refractivity contribution in [3.05, 3.63) is 48.5 Å². The Morgan fingerprint density at radius 3 is 1.79 bits per heavy atom. The van der Waals surface area contributed by atoms with E-state index < -0.39 is 0 Å². The highest BCUT2D eigenvalue weighted by molar-refractivity contribution is 5.95. The Balaban J connectivity index is 1.82. The second kappa shape index (κ2) is 10.3. The minimum absolute atomic E-state index is 0.0264. The molecule has 0 spiro atoms. The summed E-state index contributed by atoms with van der Waals surface area (Å²) >= 11 is 0. The van der Waals surface area contributed by atoms with Gasteiger partial charge in [-0.1, -0.05) is 13.8 Å². The fraction of sp³-hybridized carbons (Fsp3) is 0.318. The molecule has 0 radical (unpaired) electrons. The largest absolute Gasteiger partial charge is 0.376 e. The topological polar surface area (TPSA) is 90.5 Å². The third-order valence-corrected chi connectivity index (χ3v) is 4.23. The van der Waals surface area contributed by atoms with Gasteiger partial charge in [0.25, 0.3) is 0 Å². The van der Waals surface area contributed by atoms with E-state index in [0.717, 1.165) is 11.4 Å². The van der Waals surface area contributed by atoms with Gasteiger partial charge in [0.1, 0.15) is 0 Å². The molecule has 7 heteroatoms. The smallest absolute Gasteiger partial charge is 0.243 e. The summed E-state index contributed by atoms with van der Waals surface area (Å²) in [5, 5.41) is 8.68. The number of hydrogen-bond acceptors (Lipinski definition) is 4. The van der Waals surface area contributed by atoms with E-state index in [0.29, 0.717) is 23.7 Å². The van der Waals surface area contributed by atoms with Crippen LogP contribution in [-0.2, 0) is 14.4 Å². The Morgan fingerprint density at radius 2 is 1.31 bits per heavy atom. The number of nitrogens with zero attached hydrogens (tertiary/aromatic N) is 1. The minimum Gasteiger partial charge on any atom is -0.376 e. The van der Waals surface area contributed by atoms with Gasteiger partial charge < -0.3 is 20.9 Å². The number of rotatable bonds is 8. The molecule has 2 aromatic rings. The first-order valence-corrected chi connectivity index (χ1v) is 9.52. The van der Waals surface area contributed by atoms with Crippen molar-refractivity contribution in [3.8, 4) is 0 Å². The van der Waals surface area contributed by atoms with Crippen LogP contribution in [0.2, 0.25) is 0 Å². The molecular formula is C22H28N4O3. The highest BCUT2D eigenvalue weighted by Gasteiger charge is 2.07. The molecule has 0 unspecified atom stereocenters. The summed E-state index contributed by atoms with van der Waals surface area (Å²) in [4.78, 5) is 36.8. The molecule has 2 rings (SSSR count). The maximum atomic E-state index is 12.1. The second-order valence-electron chi connectivity index (χ2n) is 7.25. The first-order valence-electron chi connectivity index (χ1n) is 9.52. The third kappa shape index (κ3) is 7.29. The zero-order chi connectivity index (χ0) is 21.4. The average molecular weight is 396 g/mol. The van der Waals surface area contributed by atoms with Crippen molar-refractivity contribution in [2.24, 2.45) is 5.92 Å². The van der Waals surface area contributed by atoms with Crippen molar-refractivity contribution in [1.29, 1.82) is 0 Å². The fourth-order valence-electron chi connectivity index (χ4n) is 2.59. The summed E-state index contributed by atoms with van der Waals surface area (Å²) < 4.78 is 0. The highest BCUT2D eigenvalue weighted by atomic mass is 16.2. The quantitative estimate of drug-likeness (QED) is 0.634. The first-order chi connectivity index (χ1) is 13.7. The standard InChI is InChI=1S/C22H28N4O3/c1-15(2)13-21(28)24-18-5-7-19(8-6-18)25-22(29)14-23-17-9-11-20(12-10-17)26(4)16(3)27/h5-12,15,23H,13-14H2,1-4H3,(H,24,28)(H,25,29). The highest BCUT2D eigenvalue weighted by Crippen LogP contribution is 2.17. The average Bonchev–Trinajstić information content (AvgIpc) is 2.67. The lowest BCUT2D eigenvalue weighted by Gasteiger charge is -2.15. The molecule has 0 aliphatic heterocycles. The number of benzene rings is 2. The molecule has 0 atom stereocenters. The van der Waals surface area contributed by atoms with Crippen LogP contribution in [0.5, 0.6) is 0 Å². The predicted octanol–water partition coefficient (Wildman–Crippen LogP) is 3.70. The molecule has 0 fully saturated rings. The van der Waals surface area contributed by atoms with Crippen molar-refractivity contribution < 1.29 is 14.4 Å². The molecule has 2 aromatic carbocycles. The number of carbonyl (C=O) groups is 3. The van der Waals surface area contributed by atoms with E-state index in [4.69, 9.17) is 0 Å². The maximum absolute atomic E-state index is 12.1. The Hall–Kier alpha value is -3.35. The minimum atomic E-state index is -0.188. The van der Waals surface area contributed by atoms with E-state index in [1.165, 1.54) is 6.92 Å². The van der Waals surface area contributed by atoms with E-state index in [-0.39, 0.29) is 24.3 Å². The Kier molecular flexibility index (Phi) is 7.77. The molecule has 0 aliphatic carbocycles. The van der Waals surface area contributed by atoms with Crippen molar-refractivity contribution in [3.63, 3.8) is 0 Å². The molecule has 29 heavy (non-hydrogen) atoms. The van der Waals surface area contributed by atoms with Gasteiger partial charge in [-0.3, -0.25) is 14.4 Å². The van der Waals surface area contributed by atoms with Gasteiger partial charge in [0.05, 0.1) is 6.54 Å². The Bertz CT molecular complexity index is 845. The molecule has 0 aromatic heterocycles. The molecule has 0 saturated heterocycles. The number of hydrogen-bond donors (Lipinski definition) is 3. The van der Waals surface area contributed by atoms with Gasteiger partial charge in [0.2, 0.25) is 17.7 Å².